The van der Waals surface area contributed by atoms with Crippen molar-refractivity contribution in [3.05, 3.63) is 35.4 Å². The van der Waals surface area contributed by atoms with Crippen molar-refractivity contribution in [2.75, 3.05) is 0 Å². The Balaban J connectivity index is 2.86. The highest BCUT2D eigenvalue weighted by molar-refractivity contribution is 6.25. The van der Waals surface area contributed by atoms with E-state index in [1.165, 1.54) is 12.1 Å². The topological polar surface area (TPSA) is 138 Å². The summed E-state index contributed by atoms with van der Waals surface area (Å²) in [7, 11) is 0. The molecule has 1 unspecified atom stereocenters. The first-order valence-electron chi connectivity index (χ1n) is 8.05. The zero-order chi connectivity index (χ0) is 20.4. The number of Topliss-reactive ketones (excluding diaryl/α,β-unsaturated/α-hetero) is 1. The molecule has 0 spiro atoms. The monoisotopic (exact) mass is 373 g/mol. The molecule has 0 fully saturated rings. The van der Waals surface area contributed by atoms with Crippen LogP contribution in [0.25, 0.3) is 0 Å². The average Bonchev–Trinajstić information content (AvgIpc) is 2.64. The summed E-state index contributed by atoms with van der Waals surface area (Å²) < 4.78 is 0. The molecule has 142 valence electrons. The van der Waals surface area contributed by atoms with E-state index in [-0.39, 0.29) is 37.0 Å². The number of carboxylic acid groups (broad SMARTS) is 2. The summed E-state index contributed by atoms with van der Waals surface area (Å²) in [5, 5.41) is 20.0. The second-order valence-corrected chi connectivity index (χ2v) is 5.81. The predicted molar refractivity (Wildman–Crippen MR) is 94.1 cm³/mol. The Bertz CT molecular complexity index is 761. The van der Waals surface area contributed by atoms with Gasteiger partial charge in [-0.2, -0.15) is 0 Å². The Kier molecular flexibility index (Phi) is 8.39. The van der Waals surface area contributed by atoms with E-state index in [1.807, 2.05) is 0 Å². The molecule has 0 aliphatic carbocycles. The van der Waals surface area contributed by atoms with Crippen molar-refractivity contribution in [2.45, 2.75) is 37.6 Å². The van der Waals surface area contributed by atoms with Gasteiger partial charge in [-0.15, -0.1) is 12.3 Å². The maximum atomic E-state index is 12.2. The molecule has 1 aromatic rings. The zero-order valence-corrected chi connectivity index (χ0v) is 14.4. The Labute approximate surface area is 155 Å². The number of nitrogens with one attached hydrogen (secondary N) is 1. The van der Waals surface area contributed by atoms with Crippen molar-refractivity contribution in [1.82, 2.24) is 5.32 Å². The molecule has 1 aromatic carbocycles. The molecule has 0 saturated carbocycles. The van der Waals surface area contributed by atoms with Crippen LogP contribution >= 0.6 is 0 Å². The van der Waals surface area contributed by atoms with Crippen LogP contribution in [0.15, 0.2) is 24.3 Å². The number of aldehydes is 1. The maximum Gasteiger partial charge on any atom is 0.326 e. The Morgan fingerprint density at radius 3 is 2.26 bits per heavy atom. The molecule has 1 amide bonds. The lowest BCUT2D eigenvalue weighted by atomic mass is 9.90. The van der Waals surface area contributed by atoms with Crippen molar-refractivity contribution >= 4 is 29.9 Å². The van der Waals surface area contributed by atoms with Crippen LogP contribution in [0.5, 0.6) is 0 Å². The van der Waals surface area contributed by atoms with Crippen LogP contribution in [0.1, 0.15) is 47.5 Å². The van der Waals surface area contributed by atoms with Crippen LogP contribution in [0, 0.1) is 12.3 Å². The molecule has 0 aliphatic heterocycles. The van der Waals surface area contributed by atoms with Gasteiger partial charge in [0.1, 0.15) is 6.04 Å². The smallest absolute Gasteiger partial charge is 0.326 e. The van der Waals surface area contributed by atoms with Crippen LogP contribution in [0.3, 0.4) is 0 Å². The molecule has 8 nitrogen and oxygen atoms in total. The molecule has 0 radical (unpaired) electrons. The van der Waals surface area contributed by atoms with Crippen LogP contribution in [0.4, 0.5) is 0 Å². The van der Waals surface area contributed by atoms with E-state index in [2.05, 4.69) is 11.2 Å². The van der Waals surface area contributed by atoms with Crippen LogP contribution in [-0.4, -0.2) is 46.2 Å². The molecule has 0 heterocycles. The van der Waals surface area contributed by atoms with Crippen molar-refractivity contribution in [3.8, 4) is 12.3 Å². The van der Waals surface area contributed by atoms with Gasteiger partial charge in [0.05, 0.1) is 0 Å². The first-order valence-corrected chi connectivity index (χ1v) is 8.05. The lowest BCUT2D eigenvalue weighted by Gasteiger charge is -2.15. The first-order chi connectivity index (χ1) is 12.8. The van der Waals surface area contributed by atoms with Gasteiger partial charge in [0.25, 0.3) is 5.91 Å². The number of carbonyl (C=O) groups is 5. The van der Waals surface area contributed by atoms with Gasteiger partial charge >= 0.3 is 11.9 Å². The summed E-state index contributed by atoms with van der Waals surface area (Å²) in [6.45, 7) is 0. The number of amides is 1. The molecular weight excluding hydrogens is 354 g/mol. The van der Waals surface area contributed by atoms with Crippen molar-refractivity contribution in [2.24, 2.45) is 0 Å². The van der Waals surface area contributed by atoms with Gasteiger partial charge < -0.3 is 15.5 Å². The quantitative estimate of drug-likeness (QED) is 0.299. The molecule has 1 rings (SSSR count). The van der Waals surface area contributed by atoms with Gasteiger partial charge in [-0.05, 0) is 24.1 Å². The summed E-state index contributed by atoms with van der Waals surface area (Å²) in [6.07, 6.45) is 5.07. The van der Waals surface area contributed by atoms with Crippen LogP contribution in [0.2, 0.25) is 0 Å². The number of terminal acetylenes is 1. The SMILES string of the molecule is C#CCC(CC(=O)C=O)c1ccc(C(=O)N[C@@H](CCC(=O)O)C(=O)O)cc1. The van der Waals surface area contributed by atoms with E-state index < -0.39 is 36.1 Å². The fourth-order valence-corrected chi connectivity index (χ4v) is 2.41. The van der Waals surface area contributed by atoms with Gasteiger partial charge in [-0.3, -0.25) is 19.2 Å². The van der Waals surface area contributed by atoms with Gasteiger partial charge in [0, 0.05) is 30.7 Å². The minimum atomic E-state index is -1.33. The molecule has 3 N–H and O–H groups in total. The number of ketones is 1. The Morgan fingerprint density at radius 2 is 1.78 bits per heavy atom. The summed E-state index contributed by atoms with van der Waals surface area (Å²) in [6, 6.07) is 4.70. The summed E-state index contributed by atoms with van der Waals surface area (Å²) >= 11 is 0. The number of carboxylic acids is 2. The highest BCUT2D eigenvalue weighted by Crippen LogP contribution is 2.23. The Hall–Kier alpha value is -3.47. The third-order valence-electron chi connectivity index (χ3n) is 3.84. The van der Waals surface area contributed by atoms with Crippen molar-refractivity contribution in [3.63, 3.8) is 0 Å². The molecule has 0 bridgehead atoms. The number of benzene rings is 1. The zero-order valence-electron chi connectivity index (χ0n) is 14.4. The largest absolute Gasteiger partial charge is 0.481 e. The normalized spacial score (nSPS) is 12.3. The molecule has 0 aliphatic rings. The number of aliphatic carboxylic acids is 2. The highest BCUT2D eigenvalue weighted by Gasteiger charge is 2.22. The highest BCUT2D eigenvalue weighted by atomic mass is 16.4. The van der Waals surface area contributed by atoms with E-state index >= 15 is 0 Å². The van der Waals surface area contributed by atoms with Crippen molar-refractivity contribution < 1.29 is 34.2 Å². The van der Waals surface area contributed by atoms with Crippen molar-refractivity contribution in [1.29, 1.82) is 0 Å². The molecule has 0 aromatic heterocycles. The Morgan fingerprint density at radius 1 is 1.15 bits per heavy atom. The molecular formula is C19H19NO7. The fraction of sp³-hybridized carbons (Fsp3) is 0.316. The lowest BCUT2D eigenvalue weighted by molar-refractivity contribution is -0.140. The van der Waals surface area contributed by atoms with Crippen LogP contribution < -0.4 is 5.32 Å². The van der Waals surface area contributed by atoms with E-state index in [1.54, 1.807) is 12.1 Å². The van der Waals surface area contributed by atoms with E-state index in [0.717, 1.165) is 0 Å². The minimum Gasteiger partial charge on any atom is -0.481 e. The van der Waals surface area contributed by atoms with Gasteiger partial charge in [-0.1, -0.05) is 12.1 Å². The number of carbonyl (C=O) groups excluding carboxylic acids is 3. The lowest BCUT2D eigenvalue weighted by Crippen LogP contribution is -2.41. The second-order valence-electron chi connectivity index (χ2n) is 5.81. The molecule has 27 heavy (non-hydrogen) atoms. The molecule has 2 atom stereocenters. The van der Waals surface area contributed by atoms with Gasteiger partial charge in [0.2, 0.25) is 0 Å². The summed E-state index contributed by atoms with van der Waals surface area (Å²) in [5.74, 6) is -1.68. The number of rotatable bonds is 11. The third-order valence-corrected chi connectivity index (χ3v) is 3.84. The number of hydrogen-bond donors (Lipinski definition) is 3. The van der Waals surface area contributed by atoms with E-state index in [0.29, 0.717) is 5.56 Å². The molecule has 8 heteroatoms. The standard InChI is InChI=1S/C19H19NO7/c1-2-3-14(10-15(22)11-21)12-4-6-13(7-5-12)18(25)20-16(19(26)27)8-9-17(23)24/h1,4-7,11,14,16H,3,8-10H2,(H,20,25)(H,23,24)(H,26,27)/t14?,16-/m0/s1. The van der Waals surface area contributed by atoms with Gasteiger partial charge in [-0.25, -0.2) is 4.79 Å². The first kappa shape index (κ1) is 21.6. The fourth-order valence-electron chi connectivity index (χ4n) is 2.41. The van der Waals surface area contributed by atoms with Gasteiger partial charge in [0.15, 0.2) is 12.1 Å². The summed E-state index contributed by atoms with van der Waals surface area (Å²) in [4.78, 5) is 55.8. The van der Waals surface area contributed by atoms with E-state index in [9.17, 15) is 24.0 Å². The average molecular weight is 373 g/mol. The van der Waals surface area contributed by atoms with Crippen LogP contribution in [-0.2, 0) is 19.2 Å². The van der Waals surface area contributed by atoms with E-state index in [4.69, 9.17) is 16.6 Å². The second kappa shape index (κ2) is 10.5. The number of hydrogen-bond acceptors (Lipinski definition) is 5. The maximum absolute atomic E-state index is 12.2. The summed E-state index contributed by atoms with van der Waals surface area (Å²) in [5.41, 5.74) is 0.835. The third kappa shape index (κ3) is 7.12. The minimum absolute atomic E-state index is 0.0461. The predicted octanol–water partition coefficient (Wildman–Crippen LogP) is 0.999. The molecule has 0 saturated heterocycles.